The van der Waals surface area contributed by atoms with Crippen LogP contribution in [0.15, 0.2) is 6.07 Å². The Morgan fingerprint density at radius 2 is 2.00 bits per heavy atom. The van der Waals surface area contributed by atoms with Crippen LogP contribution in [0.3, 0.4) is 0 Å². The van der Waals surface area contributed by atoms with Crippen LogP contribution in [-0.2, 0) is 4.74 Å². The van der Waals surface area contributed by atoms with Gasteiger partial charge in [-0.15, -0.1) is 0 Å². The van der Waals surface area contributed by atoms with Crippen molar-refractivity contribution in [3.8, 4) is 0 Å². The normalized spacial score (nSPS) is 12.4. The van der Waals surface area contributed by atoms with E-state index in [1.165, 1.54) is 0 Å². The predicted octanol–water partition coefficient (Wildman–Crippen LogP) is 4.23. The first-order valence-corrected chi connectivity index (χ1v) is 5.68. The quantitative estimate of drug-likeness (QED) is 0.471. The van der Waals surface area contributed by atoms with Crippen molar-refractivity contribution in [2.24, 2.45) is 0 Å². The standard InChI is InChI=1S/C11H10Cl2F2O2/c1-3-5(2)17-11(16)6-4-7(12)10(15)8(13)9(6)14/h4-5H,3H2,1-2H3. The molecular weight excluding hydrogens is 273 g/mol. The molecule has 1 aromatic carbocycles. The maximum absolute atomic E-state index is 13.5. The van der Waals surface area contributed by atoms with Gasteiger partial charge in [-0.2, -0.15) is 0 Å². The zero-order valence-corrected chi connectivity index (χ0v) is 10.7. The fourth-order valence-electron chi connectivity index (χ4n) is 1.05. The minimum absolute atomic E-state index is 0.371. The van der Waals surface area contributed by atoms with E-state index < -0.39 is 33.2 Å². The lowest BCUT2D eigenvalue weighted by atomic mass is 10.2. The molecule has 0 saturated heterocycles. The van der Waals surface area contributed by atoms with Crippen molar-refractivity contribution < 1.29 is 18.3 Å². The third-order valence-electron chi connectivity index (χ3n) is 2.21. The monoisotopic (exact) mass is 282 g/mol. The lowest BCUT2D eigenvalue weighted by molar-refractivity contribution is 0.0329. The summed E-state index contributed by atoms with van der Waals surface area (Å²) in [4.78, 5) is 11.5. The second kappa shape index (κ2) is 5.65. The first-order chi connectivity index (χ1) is 7.88. The molecule has 0 N–H and O–H groups in total. The molecule has 0 aliphatic heterocycles. The SMILES string of the molecule is CCC(C)OC(=O)c1cc(Cl)c(F)c(Cl)c1F. The highest BCUT2D eigenvalue weighted by Gasteiger charge is 2.22. The molecule has 0 bridgehead atoms. The Bertz CT molecular complexity index is 450. The number of hydrogen-bond donors (Lipinski definition) is 0. The van der Waals surface area contributed by atoms with E-state index in [1.807, 2.05) is 0 Å². The number of carbonyl (C=O) groups is 1. The minimum atomic E-state index is -1.16. The number of halogens is 4. The first-order valence-electron chi connectivity index (χ1n) is 4.92. The van der Waals surface area contributed by atoms with E-state index in [-0.39, 0.29) is 6.10 Å². The minimum Gasteiger partial charge on any atom is -0.459 e. The first kappa shape index (κ1) is 14.2. The summed E-state index contributed by atoms with van der Waals surface area (Å²) in [6, 6.07) is 0.864. The zero-order chi connectivity index (χ0) is 13.2. The number of ether oxygens (including phenoxy) is 1. The lowest BCUT2D eigenvalue weighted by Gasteiger charge is -2.12. The summed E-state index contributed by atoms with van der Waals surface area (Å²) < 4.78 is 31.5. The van der Waals surface area contributed by atoms with Crippen LogP contribution in [0, 0.1) is 11.6 Å². The van der Waals surface area contributed by atoms with E-state index in [2.05, 4.69) is 0 Å². The number of rotatable bonds is 3. The van der Waals surface area contributed by atoms with Crippen molar-refractivity contribution in [2.75, 3.05) is 0 Å². The van der Waals surface area contributed by atoms with Gasteiger partial charge in [0.05, 0.1) is 16.7 Å². The molecule has 1 rings (SSSR count). The highest BCUT2D eigenvalue weighted by Crippen LogP contribution is 2.29. The van der Waals surface area contributed by atoms with E-state index in [0.717, 1.165) is 6.07 Å². The summed E-state index contributed by atoms with van der Waals surface area (Å²) in [7, 11) is 0. The molecule has 0 aromatic heterocycles. The summed E-state index contributed by atoms with van der Waals surface area (Å²) in [5, 5.41) is -1.24. The van der Waals surface area contributed by atoms with Crippen LogP contribution in [0.2, 0.25) is 10.0 Å². The van der Waals surface area contributed by atoms with E-state index in [9.17, 15) is 13.6 Å². The van der Waals surface area contributed by atoms with Crippen LogP contribution in [0.4, 0.5) is 8.78 Å². The molecule has 17 heavy (non-hydrogen) atoms. The second-order valence-electron chi connectivity index (χ2n) is 3.47. The van der Waals surface area contributed by atoms with Gasteiger partial charge in [0.15, 0.2) is 11.6 Å². The summed E-state index contributed by atoms with van der Waals surface area (Å²) in [5.41, 5.74) is -0.471. The van der Waals surface area contributed by atoms with Crippen LogP contribution in [0.25, 0.3) is 0 Å². The Kier molecular flexibility index (Phi) is 4.71. The number of hydrogen-bond acceptors (Lipinski definition) is 2. The van der Waals surface area contributed by atoms with Gasteiger partial charge in [0.2, 0.25) is 0 Å². The maximum atomic E-state index is 13.5. The Morgan fingerprint density at radius 1 is 1.41 bits per heavy atom. The largest absolute Gasteiger partial charge is 0.459 e. The van der Waals surface area contributed by atoms with Crippen molar-refractivity contribution in [1.29, 1.82) is 0 Å². The van der Waals surface area contributed by atoms with Gasteiger partial charge in [-0.05, 0) is 19.4 Å². The zero-order valence-electron chi connectivity index (χ0n) is 9.19. The Hall–Kier alpha value is -0.870. The van der Waals surface area contributed by atoms with Crippen LogP contribution in [0.1, 0.15) is 30.6 Å². The smallest absolute Gasteiger partial charge is 0.341 e. The molecule has 0 aliphatic rings. The molecule has 0 amide bonds. The summed E-state index contributed by atoms with van der Waals surface area (Å²) in [6.07, 6.45) is 0.209. The van der Waals surface area contributed by atoms with E-state index in [4.69, 9.17) is 27.9 Å². The molecule has 0 aliphatic carbocycles. The molecule has 2 nitrogen and oxygen atoms in total. The molecule has 1 unspecified atom stereocenters. The van der Waals surface area contributed by atoms with Gasteiger partial charge in [0.25, 0.3) is 0 Å². The second-order valence-corrected chi connectivity index (χ2v) is 4.26. The van der Waals surface area contributed by atoms with Crippen LogP contribution in [-0.4, -0.2) is 12.1 Å². The highest BCUT2D eigenvalue weighted by molar-refractivity contribution is 6.35. The van der Waals surface area contributed by atoms with Gasteiger partial charge < -0.3 is 4.74 Å². The van der Waals surface area contributed by atoms with Crippen molar-refractivity contribution in [3.63, 3.8) is 0 Å². The third kappa shape index (κ3) is 3.07. The Morgan fingerprint density at radius 3 is 2.53 bits per heavy atom. The molecule has 94 valence electrons. The summed E-state index contributed by atoms with van der Waals surface area (Å²) in [6.45, 7) is 3.46. The topological polar surface area (TPSA) is 26.3 Å². The van der Waals surface area contributed by atoms with Crippen LogP contribution >= 0.6 is 23.2 Å². The number of esters is 1. The molecule has 0 spiro atoms. The Labute approximate surface area is 107 Å². The van der Waals surface area contributed by atoms with Gasteiger partial charge in [0, 0.05) is 0 Å². The molecule has 1 atom stereocenters. The average molecular weight is 283 g/mol. The molecule has 0 fully saturated rings. The van der Waals surface area contributed by atoms with Gasteiger partial charge in [-0.1, -0.05) is 30.1 Å². The molecule has 6 heteroatoms. The van der Waals surface area contributed by atoms with E-state index in [0.29, 0.717) is 6.42 Å². The van der Waals surface area contributed by atoms with Gasteiger partial charge in [-0.3, -0.25) is 0 Å². The lowest BCUT2D eigenvalue weighted by Crippen LogP contribution is -2.15. The van der Waals surface area contributed by atoms with Crippen LogP contribution in [0.5, 0.6) is 0 Å². The highest BCUT2D eigenvalue weighted by atomic mass is 35.5. The fourth-order valence-corrected chi connectivity index (χ4v) is 1.51. The molecule has 0 saturated carbocycles. The molecule has 0 radical (unpaired) electrons. The van der Waals surface area contributed by atoms with Crippen molar-refractivity contribution in [1.82, 2.24) is 0 Å². The van der Waals surface area contributed by atoms with Gasteiger partial charge in [-0.25, -0.2) is 13.6 Å². The third-order valence-corrected chi connectivity index (χ3v) is 2.81. The van der Waals surface area contributed by atoms with Crippen molar-refractivity contribution >= 4 is 29.2 Å². The average Bonchev–Trinajstić information content (AvgIpc) is 2.30. The molecule has 0 heterocycles. The number of carbonyl (C=O) groups excluding carboxylic acids is 1. The van der Waals surface area contributed by atoms with E-state index in [1.54, 1.807) is 13.8 Å². The predicted molar refractivity (Wildman–Crippen MR) is 61.5 cm³/mol. The fraction of sp³-hybridized carbons (Fsp3) is 0.364. The molecule has 1 aromatic rings. The maximum Gasteiger partial charge on any atom is 0.341 e. The molecular formula is C11H10Cl2F2O2. The summed E-state index contributed by atoms with van der Waals surface area (Å²) >= 11 is 10.8. The Balaban J connectivity index is 3.11. The van der Waals surface area contributed by atoms with Gasteiger partial charge in [0.1, 0.15) is 5.02 Å². The van der Waals surface area contributed by atoms with Crippen LogP contribution < -0.4 is 0 Å². The van der Waals surface area contributed by atoms with Crippen molar-refractivity contribution in [3.05, 3.63) is 33.3 Å². The van der Waals surface area contributed by atoms with Crippen molar-refractivity contribution in [2.45, 2.75) is 26.4 Å². The van der Waals surface area contributed by atoms with Gasteiger partial charge >= 0.3 is 5.97 Å². The number of benzene rings is 1. The summed E-state index contributed by atoms with van der Waals surface area (Å²) in [5.74, 6) is -3.17. The van der Waals surface area contributed by atoms with E-state index >= 15 is 0 Å².